The van der Waals surface area contributed by atoms with Crippen LogP contribution >= 0.6 is 11.6 Å². The molecule has 2 rings (SSSR count). The van der Waals surface area contributed by atoms with Crippen molar-refractivity contribution < 1.29 is 27.8 Å². The molecule has 110 valence electrons. The second-order valence-corrected chi connectivity index (χ2v) is 4.42. The number of hydrogen-bond acceptors (Lipinski definition) is 2. The Bertz CT molecular complexity index is 683. The lowest BCUT2D eigenvalue weighted by atomic mass is 9.99. The zero-order valence-electron chi connectivity index (χ0n) is 10.3. The van der Waals surface area contributed by atoms with E-state index in [1.807, 2.05) is 0 Å². The van der Waals surface area contributed by atoms with Crippen molar-refractivity contribution in [1.29, 1.82) is 0 Å². The van der Waals surface area contributed by atoms with Gasteiger partial charge in [0.15, 0.2) is 0 Å². The average molecular weight is 317 g/mol. The molecule has 21 heavy (non-hydrogen) atoms. The van der Waals surface area contributed by atoms with Crippen LogP contribution in [-0.2, 0) is 0 Å². The molecular formula is C14H8ClF3O3. The van der Waals surface area contributed by atoms with Crippen LogP contribution in [-0.4, -0.2) is 17.4 Å². The van der Waals surface area contributed by atoms with Gasteiger partial charge in [0.25, 0.3) is 0 Å². The van der Waals surface area contributed by atoms with Crippen molar-refractivity contribution in [3.8, 4) is 16.9 Å². The van der Waals surface area contributed by atoms with Gasteiger partial charge in [0, 0.05) is 16.1 Å². The van der Waals surface area contributed by atoms with E-state index < -0.39 is 18.1 Å². The van der Waals surface area contributed by atoms with E-state index in [-0.39, 0.29) is 21.7 Å². The van der Waals surface area contributed by atoms with E-state index in [1.54, 1.807) is 0 Å². The molecule has 0 fully saturated rings. The van der Waals surface area contributed by atoms with Gasteiger partial charge in [-0.05, 0) is 18.2 Å². The van der Waals surface area contributed by atoms with Gasteiger partial charge in [0.1, 0.15) is 5.75 Å². The molecule has 0 saturated carbocycles. The van der Waals surface area contributed by atoms with E-state index in [9.17, 15) is 18.0 Å². The molecule has 0 heterocycles. The molecule has 0 saturated heterocycles. The lowest BCUT2D eigenvalue weighted by Gasteiger charge is -2.15. The first-order valence-corrected chi connectivity index (χ1v) is 6.04. The summed E-state index contributed by atoms with van der Waals surface area (Å²) in [6, 6.07) is 9.28. The summed E-state index contributed by atoms with van der Waals surface area (Å²) in [5.41, 5.74) is -0.273. The Hall–Kier alpha value is -2.21. The Morgan fingerprint density at radius 3 is 2.38 bits per heavy atom. The summed E-state index contributed by atoms with van der Waals surface area (Å²) in [7, 11) is 0. The minimum atomic E-state index is -4.89. The Balaban J connectivity index is 2.66. The molecular weight excluding hydrogens is 309 g/mol. The molecule has 0 radical (unpaired) electrons. The minimum Gasteiger partial charge on any atom is -0.478 e. The summed E-state index contributed by atoms with van der Waals surface area (Å²) < 4.78 is 41.2. The predicted octanol–water partition coefficient (Wildman–Crippen LogP) is 4.60. The molecule has 0 amide bonds. The second-order valence-electron chi connectivity index (χ2n) is 4.01. The van der Waals surface area contributed by atoms with Gasteiger partial charge in [-0.25, -0.2) is 4.79 Å². The van der Waals surface area contributed by atoms with Crippen LogP contribution in [0, 0.1) is 0 Å². The summed E-state index contributed by atoms with van der Waals surface area (Å²) in [6.07, 6.45) is -4.89. The maximum absolute atomic E-state index is 12.4. The van der Waals surface area contributed by atoms with Crippen LogP contribution < -0.4 is 4.74 Å². The molecule has 3 nitrogen and oxygen atoms in total. The highest BCUT2D eigenvalue weighted by atomic mass is 35.5. The standard InChI is InChI=1S/C14H8ClF3O3/c15-10-6-3-5-9(13(19)20)12(10)8-4-1-2-7-11(8)21-14(16,17)18/h1-7H,(H,19,20). The largest absolute Gasteiger partial charge is 0.573 e. The molecule has 0 aliphatic carbocycles. The number of aromatic carboxylic acids is 1. The fraction of sp³-hybridized carbons (Fsp3) is 0.0714. The topological polar surface area (TPSA) is 46.5 Å². The number of halogens is 4. The van der Waals surface area contributed by atoms with E-state index in [0.717, 1.165) is 6.07 Å². The third-order valence-corrected chi connectivity index (χ3v) is 2.94. The highest BCUT2D eigenvalue weighted by molar-refractivity contribution is 6.34. The molecule has 0 unspecified atom stereocenters. The number of carbonyl (C=O) groups is 1. The van der Waals surface area contributed by atoms with Crippen molar-refractivity contribution in [2.75, 3.05) is 0 Å². The van der Waals surface area contributed by atoms with E-state index in [1.165, 1.54) is 36.4 Å². The number of benzene rings is 2. The summed E-state index contributed by atoms with van der Waals surface area (Å²) in [5, 5.41) is 9.17. The first-order valence-electron chi connectivity index (χ1n) is 5.66. The maximum atomic E-state index is 12.4. The predicted molar refractivity (Wildman–Crippen MR) is 70.5 cm³/mol. The van der Waals surface area contributed by atoms with Crippen LogP contribution in [0.5, 0.6) is 5.75 Å². The molecule has 0 atom stereocenters. The smallest absolute Gasteiger partial charge is 0.478 e. The van der Waals surface area contributed by atoms with E-state index in [2.05, 4.69) is 4.74 Å². The van der Waals surface area contributed by atoms with Crippen molar-refractivity contribution >= 4 is 17.6 Å². The average Bonchev–Trinajstić information content (AvgIpc) is 2.37. The zero-order valence-corrected chi connectivity index (χ0v) is 11.1. The molecule has 7 heteroatoms. The SMILES string of the molecule is O=C(O)c1cccc(Cl)c1-c1ccccc1OC(F)(F)F. The van der Waals surface area contributed by atoms with Crippen molar-refractivity contribution in [2.45, 2.75) is 6.36 Å². The highest BCUT2D eigenvalue weighted by Gasteiger charge is 2.32. The van der Waals surface area contributed by atoms with Gasteiger partial charge in [-0.3, -0.25) is 0 Å². The fourth-order valence-electron chi connectivity index (χ4n) is 1.86. The molecule has 1 N–H and O–H groups in total. The van der Waals surface area contributed by atoms with Gasteiger partial charge < -0.3 is 9.84 Å². The third kappa shape index (κ3) is 3.46. The number of carboxylic acid groups (broad SMARTS) is 1. The zero-order chi connectivity index (χ0) is 15.6. The first kappa shape index (κ1) is 15.2. The summed E-state index contributed by atoms with van der Waals surface area (Å²) in [5.74, 6) is -1.81. The van der Waals surface area contributed by atoms with Gasteiger partial charge in [-0.15, -0.1) is 13.2 Å². The number of carboxylic acids is 1. The number of rotatable bonds is 3. The Morgan fingerprint density at radius 1 is 1.10 bits per heavy atom. The van der Waals surface area contributed by atoms with Crippen LogP contribution in [0.4, 0.5) is 13.2 Å². The Kier molecular flexibility index (Phi) is 4.09. The maximum Gasteiger partial charge on any atom is 0.573 e. The molecule has 2 aromatic rings. The van der Waals surface area contributed by atoms with Crippen molar-refractivity contribution in [1.82, 2.24) is 0 Å². The van der Waals surface area contributed by atoms with Gasteiger partial charge in [0.2, 0.25) is 0 Å². The Morgan fingerprint density at radius 2 is 1.76 bits per heavy atom. The monoisotopic (exact) mass is 316 g/mol. The van der Waals surface area contributed by atoms with Gasteiger partial charge in [-0.2, -0.15) is 0 Å². The third-order valence-electron chi connectivity index (χ3n) is 2.63. The van der Waals surface area contributed by atoms with E-state index >= 15 is 0 Å². The van der Waals surface area contributed by atoms with Crippen LogP contribution in [0.15, 0.2) is 42.5 Å². The number of ether oxygens (including phenoxy) is 1. The lowest BCUT2D eigenvalue weighted by molar-refractivity contribution is -0.274. The van der Waals surface area contributed by atoms with Crippen molar-refractivity contribution in [2.24, 2.45) is 0 Å². The molecule has 0 spiro atoms. The number of para-hydroxylation sites is 1. The summed E-state index contributed by atoms with van der Waals surface area (Å²) >= 11 is 5.95. The molecule has 0 aliphatic rings. The van der Waals surface area contributed by atoms with Crippen LogP contribution in [0.1, 0.15) is 10.4 Å². The van der Waals surface area contributed by atoms with Crippen LogP contribution in [0.3, 0.4) is 0 Å². The van der Waals surface area contributed by atoms with Crippen LogP contribution in [0.2, 0.25) is 5.02 Å². The van der Waals surface area contributed by atoms with E-state index in [4.69, 9.17) is 16.7 Å². The molecule has 2 aromatic carbocycles. The van der Waals surface area contributed by atoms with Gasteiger partial charge >= 0.3 is 12.3 Å². The summed E-state index contributed by atoms with van der Waals surface area (Å²) in [6.45, 7) is 0. The molecule has 0 aromatic heterocycles. The minimum absolute atomic E-state index is 0.0214. The fourth-order valence-corrected chi connectivity index (χ4v) is 2.14. The molecule has 0 bridgehead atoms. The van der Waals surface area contributed by atoms with Crippen molar-refractivity contribution in [3.63, 3.8) is 0 Å². The quantitative estimate of drug-likeness (QED) is 0.900. The van der Waals surface area contributed by atoms with E-state index in [0.29, 0.717) is 0 Å². The number of alkyl halides is 3. The highest BCUT2D eigenvalue weighted by Crippen LogP contribution is 2.39. The van der Waals surface area contributed by atoms with Crippen molar-refractivity contribution in [3.05, 3.63) is 53.1 Å². The number of hydrogen-bond donors (Lipinski definition) is 1. The second kappa shape index (κ2) is 5.65. The van der Waals surface area contributed by atoms with Crippen LogP contribution in [0.25, 0.3) is 11.1 Å². The first-order chi connectivity index (χ1) is 9.79. The molecule has 0 aliphatic heterocycles. The van der Waals surface area contributed by atoms with Gasteiger partial charge in [0.05, 0.1) is 5.56 Å². The normalized spacial score (nSPS) is 11.2. The Labute approximate surface area is 122 Å². The summed E-state index contributed by atoms with van der Waals surface area (Å²) in [4.78, 5) is 11.2. The lowest BCUT2D eigenvalue weighted by Crippen LogP contribution is -2.17. The van der Waals surface area contributed by atoms with Gasteiger partial charge in [-0.1, -0.05) is 35.9 Å².